The SMILES string of the molecule is OCc1sc(CCOc2ccc(F)cc2)nc1C1CC1. The van der Waals surface area contributed by atoms with E-state index in [2.05, 4.69) is 4.98 Å². The van der Waals surface area contributed by atoms with Crippen LogP contribution in [0.3, 0.4) is 0 Å². The van der Waals surface area contributed by atoms with E-state index in [1.807, 2.05) is 0 Å². The molecule has 0 spiro atoms. The maximum atomic E-state index is 12.8. The predicted molar refractivity (Wildman–Crippen MR) is 75.6 cm³/mol. The fraction of sp³-hybridized carbons (Fsp3) is 0.400. The zero-order valence-corrected chi connectivity index (χ0v) is 11.8. The molecule has 3 nitrogen and oxygen atoms in total. The van der Waals surface area contributed by atoms with Crippen molar-refractivity contribution in [3.05, 3.63) is 45.7 Å². The Hall–Kier alpha value is -1.46. The van der Waals surface area contributed by atoms with Crippen LogP contribution < -0.4 is 4.74 Å². The lowest BCUT2D eigenvalue weighted by Gasteiger charge is -2.04. The van der Waals surface area contributed by atoms with E-state index in [0.717, 1.165) is 15.6 Å². The zero-order chi connectivity index (χ0) is 13.9. The Bertz CT molecular complexity index is 578. The van der Waals surface area contributed by atoms with Crippen LogP contribution in [-0.4, -0.2) is 16.7 Å². The molecule has 2 aromatic rings. The van der Waals surface area contributed by atoms with Gasteiger partial charge in [-0.1, -0.05) is 0 Å². The van der Waals surface area contributed by atoms with Crippen molar-refractivity contribution in [1.82, 2.24) is 4.98 Å². The van der Waals surface area contributed by atoms with Gasteiger partial charge in [0.2, 0.25) is 0 Å². The van der Waals surface area contributed by atoms with E-state index >= 15 is 0 Å². The van der Waals surface area contributed by atoms with Crippen molar-refractivity contribution in [3.63, 3.8) is 0 Å². The monoisotopic (exact) mass is 293 g/mol. The molecular formula is C15H16FNO2S. The van der Waals surface area contributed by atoms with Gasteiger partial charge in [0.25, 0.3) is 0 Å². The van der Waals surface area contributed by atoms with Crippen LogP contribution in [0.2, 0.25) is 0 Å². The van der Waals surface area contributed by atoms with E-state index in [4.69, 9.17) is 4.74 Å². The van der Waals surface area contributed by atoms with E-state index in [0.29, 0.717) is 24.7 Å². The number of aromatic nitrogens is 1. The predicted octanol–water partition coefficient (Wildman–Crippen LogP) is 3.27. The molecule has 0 atom stereocenters. The molecule has 1 heterocycles. The van der Waals surface area contributed by atoms with Gasteiger partial charge < -0.3 is 9.84 Å². The standard InChI is InChI=1S/C15H16FNO2S/c16-11-3-5-12(6-4-11)19-8-7-14-17-15(10-1-2-10)13(9-18)20-14/h3-6,10,18H,1-2,7-9H2. The second-order valence-electron chi connectivity index (χ2n) is 4.90. The first kappa shape index (κ1) is 13.5. The Balaban J connectivity index is 1.56. The summed E-state index contributed by atoms with van der Waals surface area (Å²) < 4.78 is 18.3. The molecule has 1 N–H and O–H groups in total. The number of rotatable bonds is 6. The summed E-state index contributed by atoms with van der Waals surface area (Å²) in [5.41, 5.74) is 1.08. The van der Waals surface area contributed by atoms with Crippen molar-refractivity contribution >= 4 is 11.3 Å². The lowest BCUT2D eigenvalue weighted by atomic mass is 10.2. The largest absolute Gasteiger partial charge is 0.493 e. The van der Waals surface area contributed by atoms with Crippen LogP contribution in [0.5, 0.6) is 5.75 Å². The first-order chi connectivity index (χ1) is 9.76. The molecule has 3 rings (SSSR count). The van der Waals surface area contributed by atoms with Crippen molar-refractivity contribution in [2.45, 2.75) is 31.8 Å². The maximum Gasteiger partial charge on any atom is 0.123 e. The number of ether oxygens (including phenoxy) is 1. The number of aliphatic hydroxyl groups excluding tert-OH is 1. The molecule has 1 aromatic carbocycles. The highest BCUT2D eigenvalue weighted by molar-refractivity contribution is 7.11. The van der Waals surface area contributed by atoms with E-state index in [1.165, 1.54) is 25.0 Å². The fourth-order valence-corrected chi connectivity index (χ4v) is 3.09. The van der Waals surface area contributed by atoms with E-state index < -0.39 is 0 Å². The molecule has 0 saturated heterocycles. The molecule has 0 bridgehead atoms. The van der Waals surface area contributed by atoms with Crippen LogP contribution >= 0.6 is 11.3 Å². The Kier molecular flexibility index (Phi) is 3.98. The number of nitrogens with zero attached hydrogens (tertiary/aromatic N) is 1. The van der Waals surface area contributed by atoms with Crippen LogP contribution in [0.15, 0.2) is 24.3 Å². The molecule has 1 aromatic heterocycles. The lowest BCUT2D eigenvalue weighted by Crippen LogP contribution is -2.01. The first-order valence-electron chi connectivity index (χ1n) is 6.74. The van der Waals surface area contributed by atoms with Gasteiger partial charge in [0.15, 0.2) is 0 Å². The number of thiazole rings is 1. The Morgan fingerprint density at radius 3 is 2.70 bits per heavy atom. The molecule has 0 aliphatic heterocycles. The third kappa shape index (κ3) is 3.16. The molecule has 0 radical (unpaired) electrons. The van der Waals surface area contributed by atoms with Gasteiger partial charge >= 0.3 is 0 Å². The molecule has 1 fully saturated rings. The molecular weight excluding hydrogens is 277 g/mol. The number of hydrogen-bond acceptors (Lipinski definition) is 4. The first-order valence-corrected chi connectivity index (χ1v) is 7.55. The Morgan fingerprint density at radius 1 is 1.30 bits per heavy atom. The van der Waals surface area contributed by atoms with Crippen LogP contribution in [-0.2, 0) is 13.0 Å². The van der Waals surface area contributed by atoms with Gasteiger partial charge in [-0.25, -0.2) is 9.37 Å². The van der Waals surface area contributed by atoms with Crippen LogP contribution in [0.25, 0.3) is 0 Å². The van der Waals surface area contributed by atoms with E-state index in [9.17, 15) is 9.50 Å². The fourth-order valence-electron chi connectivity index (χ4n) is 2.10. The van der Waals surface area contributed by atoms with Gasteiger partial charge in [-0.3, -0.25) is 0 Å². The normalized spacial score (nSPS) is 14.5. The van der Waals surface area contributed by atoms with Crippen LogP contribution in [0, 0.1) is 5.82 Å². The van der Waals surface area contributed by atoms with Crippen LogP contribution in [0.1, 0.15) is 34.3 Å². The third-order valence-corrected chi connectivity index (χ3v) is 4.39. The summed E-state index contributed by atoms with van der Waals surface area (Å²) in [7, 11) is 0. The molecule has 1 saturated carbocycles. The number of hydrogen-bond donors (Lipinski definition) is 1. The van der Waals surface area contributed by atoms with Gasteiger partial charge in [0, 0.05) is 12.3 Å². The van der Waals surface area contributed by atoms with E-state index in [-0.39, 0.29) is 12.4 Å². The van der Waals surface area contributed by atoms with Crippen molar-refractivity contribution in [2.24, 2.45) is 0 Å². The number of benzene rings is 1. The summed E-state index contributed by atoms with van der Waals surface area (Å²) in [5.74, 6) is 0.951. The summed E-state index contributed by atoms with van der Waals surface area (Å²) in [6.45, 7) is 0.580. The molecule has 5 heteroatoms. The highest BCUT2D eigenvalue weighted by Gasteiger charge is 2.29. The highest BCUT2D eigenvalue weighted by atomic mass is 32.1. The van der Waals surface area contributed by atoms with Crippen molar-refractivity contribution in [2.75, 3.05) is 6.61 Å². The van der Waals surface area contributed by atoms with Crippen molar-refractivity contribution < 1.29 is 14.2 Å². The molecule has 1 aliphatic carbocycles. The second-order valence-corrected chi connectivity index (χ2v) is 6.07. The minimum Gasteiger partial charge on any atom is -0.493 e. The van der Waals surface area contributed by atoms with Gasteiger partial charge in [-0.2, -0.15) is 0 Å². The van der Waals surface area contributed by atoms with Crippen molar-refractivity contribution in [1.29, 1.82) is 0 Å². The summed E-state index contributed by atoms with van der Waals surface area (Å²) in [5, 5.41) is 10.3. The minimum absolute atomic E-state index is 0.0717. The quantitative estimate of drug-likeness (QED) is 0.889. The van der Waals surface area contributed by atoms with Crippen molar-refractivity contribution in [3.8, 4) is 5.75 Å². The molecule has 106 valence electrons. The Labute approximate surface area is 121 Å². The highest BCUT2D eigenvalue weighted by Crippen LogP contribution is 2.42. The lowest BCUT2D eigenvalue weighted by molar-refractivity contribution is 0.284. The molecule has 0 unspecified atom stereocenters. The topological polar surface area (TPSA) is 42.4 Å². The molecule has 0 amide bonds. The third-order valence-electron chi connectivity index (χ3n) is 3.28. The van der Waals surface area contributed by atoms with Gasteiger partial charge in [0.05, 0.1) is 28.8 Å². The van der Waals surface area contributed by atoms with Crippen LogP contribution in [0.4, 0.5) is 4.39 Å². The van der Waals surface area contributed by atoms with E-state index in [1.54, 1.807) is 23.5 Å². The average molecular weight is 293 g/mol. The van der Waals surface area contributed by atoms with Gasteiger partial charge in [-0.05, 0) is 37.1 Å². The minimum atomic E-state index is -0.265. The maximum absolute atomic E-state index is 12.8. The summed E-state index contributed by atoms with van der Waals surface area (Å²) in [4.78, 5) is 5.60. The zero-order valence-electron chi connectivity index (χ0n) is 11.0. The second kappa shape index (κ2) is 5.89. The smallest absolute Gasteiger partial charge is 0.123 e. The van der Waals surface area contributed by atoms with Gasteiger partial charge in [0.1, 0.15) is 11.6 Å². The number of aliphatic hydroxyl groups is 1. The Morgan fingerprint density at radius 2 is 2.05 bits per heavy atom. The molecule has 20 heavy (non-hydrogen) atoms. The molecule has 1 aliphatic rings. The summed E-state index contributed by atoms with van der Waals surface area (Å²) in [6, 6.07) is 6.00. The summed E-state index contributed by atoms with van der Waals surface area (Å²) >= 11 is 1.56. The van der Waals surface area contributed by atoms with Gasteiger partial charge in [-0.15, -0.1) is 11.3 Å². The number of halogens is 1. The summed E-state index contributed by atoms with van der Waals surface area (Å²) in [6.07, 6.45) is 3.08. The average Bonchev–Trinajstić information content (AvgIpc) is 3.22.